The van der Waals surface area contributed by atoms with Crippen molar-refractivity contribution in [2.45, 2.75) is 305 Å². The maximum atomic E-state index is 2.30. The lowest BCUT2D eigenvalue weighted by atomic mass is 9.93. The predicted octanol–water partition coefficient (Wildman–Crippen LogP) is 42.9. The van der Waals surface area contributed by atoms with Gasteiger partial charge in [0.1, 0.15) is 0 Å². The topological polar surface area (TPSA) is 0 Å². The van der Waals surface area contributed by atoms with Crippen molar-refractivity contribution in [3.63, 3.8) is 0 Å². The number of benzene rings is 15. The van der Waals surface area contributed by atoms with Gasteiger partial charge in [0.25, 0.3) is 0 Å². The third kappa shape index (κ3) is 53.7. The molecule has 0 unspecified atom stereocenters. The first-order valence-corrected chi connectivity index (χ1v) is 49.1. The average molecular weight is 1720 g/mol. The lowest BCUT2D eigenvalue weighted by Crippen LogP contribution is -1.85. The molecule has 15 aromatic carbocycles. The van der Waals surface area contributed by atoms with E-state index in [9.17, 15) is 0 Å². The molecular formula is C128H186. The highest BCUT2D eigenvalue weighted by Gasteiger charge is 2.09. The lowest BCUT2D eigenvalue weighted by molar-refractivity contribution is 1.34. The van der Waals surface area contributed by atoms with Crippen molar-refractivity contribution in [1.29, 1.82) is 0 Å². The summed E-state index contributed by atoms with van der Waals surface area (Å²) < 4.78 is 0. The Kier molecular flexibility index (Phi) is 88.3. The van der Waals surface area contributed by atoms with Gasteiger partial charge in [0, 0.05) is 0 Å². The van der Waals surface area contributed by atoms with Gasteiger partial charge in [-0.25, -0.2) is 0 Å². The zero-order chi connectivity index (χ0) is 99.5. The van der Waals surface area contributed by atoms with Gasteiger partial charge in [0.05, 0.1) is 0 Å². The van der Waals surface area contributed by atoms with Crippen LogP contribution < -0.4 is 0 Å². The summed E-state index contributed by atoms with van der Waals surface area (Å²) in [6.07, 6.45) is 0. The number of rotatable bonds is 4. The number of hydrogen-bond donors (Lipinski definition) is 0. The minimum atomic E-state index is 1.29. The monoisotopic (exact) mass is 1720 g/mol. The summed E-state index contributed by atoms with van der Waals surface area (Å²) in [5, 5.41) is 8.12. The second-order valence-corrected chi connectivity index (χ2v) is 26.9. The molecule has 0 heterocycles. The van der Waals surface area contributed by atoms with E-state index in [1.54, 1.807) is 0 Å². The molecule has 0 bridgehead atoms. The zero-order valence-electron chi connectivity index (χ0n) is 90.2. The van der Waals surface area contributed by atoms with Crippen LogP contribution >= 0.6 is 0 Å². The van der Waals surface area contributed by atoms with Crippen LogP contribution in [0.3, 0.4) is 0 Å². The molecule has 0 amide bonds. The van der Waals surface area contributed by atoms with Gasteiger partial charge in [-0.3, -0.25) is 0 Å². The molecule has 128 heavy (non-hydrogen) atoms. The zero-order valence-corrected chi connectivity index (χ0v) is 90.2. The summed E-state index contributed by atoms with van der Waals surface area (Å²) >= 11 is 0. The molecule has 15 rings (SSSR count). The first-order chi connectivity index (χ1) is 62.2. The summed E-state index contributed by atoms with van der Waals surface area (Å²) in [6.45, 7) is 90.0. The van der Waals surface area contributed by atoms with Crippen molar-refractivity contribution < 1.29 is 0 Å². The molecule has 0 saturated carbocycles. The van der Waals surface area contributed by atoms with Crippen molar-refractivity contribution in [3.8, 4) is 44.5 Å². The van der Waals surface area contributed by atoms with Gasteiger partial charge in [-0.1, -0.05) is 588 Å². The maximum absolute atomic E-state index is 2.30. The Morgan fingerprint density at radius 2 is 0.312 bits per heavy atom. The highest BCUT2D eigenvalue weighted by molar-refractivity contribution is 6.25. The Morgan fingerprint density at radius 3 is 0.617 bits per heavy atom. The largest absolute Gasteiger partial charge is 0.0683 e. The number of hydrogen-bond acceptors (Lipinski definition) is 0. The molecule has 15 aromatic rings. The normalized spacial score (nSPS) is 8.62. The van der Waals surface area contributed by atoms with Crippen LogP contribution in [0.5, 0.6) is 0 Å². The van der Waals surface area contributed by atoms with E-state index in [0.717, 1.165) is 0 Å². The molecule has 0 fully saturated rings. The van der Waals surface area contributed by atoms with Gasteiger partial charge in [-0.15, -0.1) is 0 Å². The smallest absolute Gasteiger partial charge is 0.00963 e. The van der Waals surface area contributed by atoms with Crippen molar-refractivity contribution in [2.75, 3.05) is 0 Å². The van der Waals surface area contributed by atoms with E-state index in [0.29, 0.717) is 0 Å². The fourth-order valence-electron chi connectivity index (χ4n) is 11.6. The second-order valence-electron chi connectivity index (χ2n) is 26.9. The Morgan fingerprint density at radius 1 is 0.102 bits per heavy atom. The Hall–Kier alpha value is -10.9. The van der Waals surface area contributed by atoms with Crippen molar-refractivity contribution in [2.24, 2.45) is 0 Å². The highest BCUT2D eigenvalue weighted by atomic mass is 14.1. The summed E-state index contributed by atoms with van der Waals surface area (Å²) in [5.74, 6) is 0. The fraction of sp³-hybridized carbons (Fsp3) is 0.344. The van der Waals surface area contributed by atoms with Crippen LogP contribution in [-0.4, -0.2) is 0 Å². The molecule has 0 aliphatic carbocycles. The van der Waals surface area contributed by atoms with E-state index in [1.807, 2.05) is 194 Å². The molecule has 0 aliphatic rings. The van der Waals surface area contributed by atoms with Crippen molar-refractivity contribution in [1.82, 2.24) is 0 Å². The SMILES string of the molecule is CC.CC.CC.CC.CC.CC.CC.CC.CC.CC.CC.CC.CC.CC.Cc1ccc(-c2ccc(C)cc2)cc1.Cc1ccc(-c2cccc(C)c2)cc1.Cc1ccc(-c2ccccc2C)cc1.Cc1ccc(C)c(-c2ccccc2)c1.Cc1ccc(C)cc1.Cc1ccc2c3ccc(C)cc3c3ccccc3c2c1.Cc1cccc(C)c1.Cc1ccccc1C. The maximum Gasteiger partial charge on any atom is -0.00963 e. The third-order valence-electron chi connectivity index (χ3n) is 17.8. The van der Waals surface area contributed by atoms with Gasteiger partial charge in [0.15, 0.2) is 0 Å². The second kappa shape index (κ2) is 86.8. The quantitative estimate of drug-likeness (QED) is 0.154. The lowest BCUT2D eigenvalue weighted by Gasteiger charge is -2.11. The molecule has 0 radical (unpaired) electrons. The molecule has 0 nitrogen and oxygen atoms in total. The van der Waals surface area contributed by atoms with Crippen molar-refractivity contribution in [3.05, 3.63) is 417 Å². The average Bonchev–Trinajstić information content (AvgIpc) is 0.743. The van der Waals surface area contributed by atoms with E-state index >= 15 is 0 Å². The van der Waals surface area contributed by atoms with Crippen LogP contribution in [0.4, 0.5) is 0 Å². The van der Waals surface area contributed by atoms with Gasteiger partial charge in [-0.2, -0.15) is 0 Å². The molecular weight excluding hydrogens is 1540 g/mol. The van der Waals surface area contributed by atoms with E-state index in [1.165, 1.54) is 166 Å². The Balaban J connectivity index is -0.000000254. The molecule has 0 N–H and O–H groups in total. The first kappa shape index (κ1) is 130. The third-order valence-corrected chi connectivity index (χ3v) is 17.8. The van der Waals surface area contributed by atoms with Crippen LogP contribution in [0.25, 0.3) is 76.8 Å². The summed E-state index contributed by atoms with van der Waals surface area (Å²) in [7, 11) is 0. The summed E-state index contributed by atoms with van der Waals surface area (Å²) in [5.41, 5.74) is 31.6. The fourth-order valence-corrected chi connectivity index (χ4v) is 11.6. The summed E-state index contributed by atoms with van der Waals surface area (Å²) in [6, 6.07) is 116. The van der Waals surface area contributed by atoms with E-state index in [4.69, 9.17) is 0 Å². The van der Waals surface area contributed by atoms with Crippen molar-refractivity contribution >= 4 is 32.3 Å². The molecule has 0 heteroatoms. The highest BCUT2D eigenvalue weighted by Crippen LogP contribution is 2.36. The molecule has 0 spiro atoms. The first-order valence-electron chi connectivity index (χ1n) is 49.1. The molecule has 0 aromatic heterocycles. The Labute approximate surface area is 792 Å². The number of fused-ring (bicyclic) bond motifs is 6. The summed E-state index contributed by atoms with van der Waals surface area (Å²) in [4.78, 5) is 0. The van der Waals surface area contributed by atoms with Crippen LogP contribution in [-0.2, 0) is 0 Å². The Bertz CT molecular complexity index is 4790. The number of aryl methyl sites for hydroxylation is 16. The van der Waals surface area contributed by atoms with Crippen LogP contribution in [0, 0.1) is 111 Å². The van der Waals surface area contributed by atoms with E-state index in [-0.39, 0.29) is 0 Å². The van der Waals surface area contributed by atoms with E-state index in [2.05, 4.69) is 438 Å². The van der Waals surface area contributed by atoms with E-state index < -0.39 is 0 Å². The van der Waals surface area contributed by atoms with Gasteiger partial charge in [0.2, 0.25) is 0 Å². The molecule has 698 valence electrons. The van der Waals surface area contributed by atoms with Crippen LogP contribution in [0.15, 0.2) is 328 Å². The van der Waals surface area contributed by atoms with Gasteiger partial charge in [-0.05, 0) is 210 Å². The minimum Gasteiger partial charge on any atom is -0.0683 e. The van der Waals surface area contributed by atoms with Gasteiger partial charge >= 0.3 is 0 Å². The van der Waals surface area contributed by atoms with Crippen LogP contribution in [0.2, 0.25) is 0 Å². The molecule has 0 atom stereocenters. The van der Waals surface area contributed by atoms with Gasteiger partial charge < -0.3 is 0 Å². The van der Waals surface area contributed by atoms with Crippen LogP contribution in [0.1, 0.15) is 283 Å². The standard InChI is InChI=1S/C20H16.4C14H14.3C8H10.14C2H6/c1-13-7-9-17-18-10-8-14(2)12-20(18)16-6-4-3-5-15(16)19(17)11-13;1-11-3-7-13(8-4-11)14-9-5-12(2)6-10-14;1-11-6-8-13(9-7-11)14-5-3-4-12(2)10-14;1-11-7-9-13(10-8-11)14-6-4-3-5-12(14)2;1-11-8-9-12(2)14(10-11)13-6-4-3-5-7-13;1-7-3-5-8(2)6-4-7;1-7-4-3-5-8(2)6-7;1-7-5-3-4-6-8(7)2;14*1-2/h3-12H,1-2H3;4*3-10H,1-2H3;3*3-6H,1-2H3;14*1-2H3. The molecule has 0 aliphatic heterocycles. The minimum absolute atomic E-state index is 1.29. The predicted molar refractivity (Wildman–Crippen MR) is 600 cm³/mol. The molecule has 0 saturated heterocycles.